The summed E-state index contributed by atoms with van der Waals surface area (Å²) in [6.45, 7) is 7.11. The minimum atomic E-state index is -0.00679. The lowest BCUT2D eigenvalue weighted by molar-refractivity contribution is 0.0950. The van der Waals surface area contributed by atoms with Crippen molar-refractivity contribution in [2.24, 2.45) is 5.92 Å². The van der Waals surface area contributed by atoms with E-state index in [1.807, 2.05) is 54.0 Å². The van der Waals surface area contributed by atoms with Crippen LogP contribution in [0.5, 0.6) is 0 Å². The molecule has 0 unspecified atom stereocenters. The Kier molecular flexibility index (Phi) is 5.88. The van der Waals surface area contributed by atoms with E-state index >= 15 is 0 Å². The zero-order chi connectivity index (χ0) is 23.7. The summed E-state index contributed by atoms with van der Waals surface area (Å²) >= 11 is 0. The Balaban J connectivity index is 1.53. The Labute approximate surface area is 198 Å². The molecule has 34 heavy (non-hydrogen) atoms. The van der Waals surface area contributed by atoms with Crippen LogP contribution in [0.1, 0.15) is 42.6 Å². The lowest BCUT2D eigenvalue weighted by atomic mass is 10.0. The summed E-state index contributed by atoms with van der Waals surface area (Å²) in [6, 6.07) is 12.0. The highest BCUT2D eigenvalue weighted by molar-refractivity contribution is 5.97. The molecule has 3 aromatic heterocycles. The lowest BCUT2D eigenvalue weighted by Crippen LogP contribution is -2.26. The number of carbonyl (C=O) groups is 1. The second-order valence-electron chi connectivity index (χ2n) is 9.24. The monoisotopic (exact) mass is 455 g/mol. The SMILES string of the molecule is Cc1cc(-c2cnn3c(NCC(C)C)cc(Nc4cccnc4)nc23)ccc1C(=O)NC1CC1. The molecule has 0 aliphatic heterocycles. The summed E-state index contributed by atoms with van der Waals surface area (Å²) in [7, 11) is 0. The van der Waals surface area contributed by atoms with Crippen molar-refractivity contribution >= 4 is 28.9 Å². The van der Waals surface area contributed by atoms with Crippen molar-refractivity contribution in [1.29, 1.82) is 0 Å². The molecule has 4 aromatic rings. The Bertz CT molecular complexity index is 1330. The molecule has 1 amide bonds. The van der Waals surface area contributed by atoms with Crippen LogP contribution in [0.25, 0.3) is 16.8 Å². The Hall–Kier alpha value is -3.94. The van der Waals surface area contributed by atoms with Gasteiger partial charge in [0.25, 0.3) is 5.91 Å². The van der Waals surface area contributed by atoms with Gasteiger partial charge in [0.2, 0.25) is 0 Å². The lowest BCUT2D eigenvalue weighted by Gasteiger charge is -2.14. The number of anilines is 3. The fourth-order valence-electron chi connectivity index (χ4n) is 3.83. The minimum absolute atomic E-state index is 0.00679. The summed E-state index contributed by atoms with van der Waals surface area (Å²) in [5, 5.41) is 14.5. The third kappa shape index (κ3) is 4.71. The number of fused-ring (bicyclic) bond motifs is 1. The van der Waals surface area contributed by atoms with Gasteiger partial charge in [-0.15, -0.1) is 0 Å². The van der Waals surface area contributed by atoms with Crippen LogP contribution >= 0.6 is 0 Å². The van der Waals surface area contributed by atoms with E-state index in [9.17, 15) is 4.79 Å². The van der Waals surface area contributed by atoms with Crippen LogP contribution < -0.4 is 16.0 Å². The zero-order valence-electron chi connectivity index (χ0n) is 19.7. The number of nitrogens with one attached hydrogen (secondary N) is 3. The van der Waals surface area contributed by atoms with E-state index < -0.39 is 0 Å². The van der Waals surface area contributed by atoms with Crippen molar-refractivity contribution < 1.29 is 4.79 Å². The smallest absolute Gasteiger partial charge is 0.251 e. The van der Waals surface area contributed by atoms with Crippen molar-refractivity contribution in [3.63, 3.8) is 0 Å². The molecule has 174 valence electrons. The van der Waals surface area contributed by atoms with Crippen molar-refractivity contribution in [3.8, 4) is 11.1 Å². The summed E-state index contributed by atoms with van der Waals surface area (Å²) in [5.74, 6) is 2.02. The van der Waals surface area contributed by atoms with Gasteiger partial charge in [-0.3, -0.25) is 9.78 Å². The molecule has 8 heteroatoms. The minimum Gasteiger partial charge on any atom is -0.370 e. The highest BCUT2D eigenvalue weighted by Gasteiger charge is 2.24. The average Bonchev–Trinajstić information content (AvgIpc) is 3.53. The maximum atomic E-state index is 12.6. The van der Waals surface area contributed by atoms with Gasteiger partial charge in [0.1, 0.15) is 11.6 Å². The molecule has 3 heterocycles. The molecule has 0 atom stereocenters. The first kappa shape index (κ1) is 21.9. The number of hydrogen-bond acceptors (Lipinski definition) is 6. The number of carbonyl (C=O) groups excluding carboxylic acids is 1. The molecule has 1 aliphatic carbocycles. The first-order chi connectivity index (χ1) is 16.5. The van der Waals surface area contributed by atoms with Crippen LogP contribution in [-0.4, -0.2) is 38.1 Å². The van der Waals surface area contributed by atoms with Gasteiger partial charge in [-0.05, 0) is 55.0 Å². The fourth-order valence-corrected chi connectivity index (χ4v) is 3.83. The van der Waals surface area contributed by atoms with Crippen molar-refractivity contribution in [1.82, 2.24) is 24.9 Å². The molecule has 1 aromatic carbocycles. The Morgan fingerprint density at radius 3 is 2.74 bits per heavy atom. The van der Waals surface area contributed by atoms with Crippen LogP contribution in [0.3, 0.4) is 0 Å². The van der Waals surface area contributed by atoms with E-state index in [4.69, 9.17) is 4.98 Å². The number of rotatable bonds is 8. The van der Waals surface area contributed by atoms with Crippen LogP contribution in [0.4, 0.5) is 17.3 Å². The second-order valence-corrected chi connectivity index (χ2v) is 9.24. The maximum Gasteiger partial charge on any atom is 0.251 e. The topological polar surface area (TPSA) is 96.2 Å². The van der Waals surface area contributed by atoms with E-state index in [0.29, 0.717) is 23.3 Å². The molecule has 1 fully saturated rings. The standard InChI is InChI=1S/C26H29N7O/c1-16(2)13-28-24-12-23(30-20-5-4-10-27-14-20)32-25-22(15-29-33(24)25)18-6-9-21(17(3)11-18)26(34)31-19-7-8-19/h4-6,9-12,14-16,19,28H,7-8,13H2,1-3H3,(H,30,32)(H,31,34). The second kappa shape index (κ2) is 9.13. The largest absolute Gasteiger partial charge is 0.370 e. The molecule has 0 bridgehead atoms. The quantitative estimate of drug-likeness (QED) is 0.353. The number of pyridine rings is 1. The zero-order valence-corrected chi connectivity index (χ0v) is 19.7. The molecule has 1 saturated carbocycles. The van der Waals surface area contributed by atoms with E-state index in [1.54, 1.807) is 12.4 Å². The number of nitrogens with zero attached hydrogens (tertiary/aromatic N) is 4. The van der Waals surface area contributed by atoms with E-state index in [0.717, 1.165) is 53.2 Å². The van der Waals surface area contributed by atoms with Gasteiger partial charge in [0, 0.05) is 36.0 Å². The first-order valence-electron chi connectivity index (χ1n) is 11.7. The van der Waals surface area contributed by atoms with Gasteiger partial charge < -0.3 is 16.0 Å². The number of aryl methyl sites for hydroxylation is 1. The Morgan fingerprint density at radius 2 is 2.03 bits per heavy atom. The summed E-state index contributed by atoms with van der Waals surface area (Å²) in [4.78, 5) is 21.6. The molecule has 0 spiro atoms. The molecule has 0 saturated heterocycles. The molecule has 8 nitrogen and oxygen atoms in total. The molecule has 1 aliphatic rings. The van der Waals surface area contributed by atoms with Crippen LogP contribution in [0.15, 0.2) is 55.0 Å². The third-order valence-corrected chi connectivity index (χ3v) is 5.79. The van der Waals surface area contributed by atoms with Crippen LogP contribution in [-0.2, 0) is 0 Å². The van der Waals surface area contributed by atoms with E-state index in [-0.39, 0.29) is 5.91 Å². The maximum absolute atomic E-state index is 12.6. The van der Waals surface area contributed by atoms with Crippen LogP contribution in [0, 0.1) is 12.8 Å². The molecular formula is C26H29N7O. The average molecular weight is 456 g/mol. The Morgan fingerprint density at radius 1 is 1.18 bits per heavy atom. The molecule has 0 radical (unpaired) electrons. The predicted molar refractivity (Wildman–Crippen MR) is 134 cm³/mol. The third-order valence-electron chi connectivity index (χ3n) is 5.79. The number of aromatic nitrogens is 4. The predicted octanol–water partition coefficient (Wildman–Crippen LogP) is 4.80. The van der Waals surface area contributed by atoms with Gasteiger partial charge in [-0.25, -0.2) is 4.98 Å². The highest BCUT2D eigenvalue weighted by atomic mass is 16.1. The molecular weight excluding hydrogens is 426 g/mol. The molecule has 3 N–H and O–H groups in total. The fraction of sp³-hybridized carbons (Fsp3) is 0.308. The van der Waals surface area contributed by atoms with Crippen molar-refractivity contribution in [3.05, 3.63) is 66.1 Å². The van der Waals surface area contributed by atoms with E-state index in [2.05, 4.69) is 39.9 Å². The number of benzene rings is 1. The van der Waals surface area contributed by atoms with Gasteiger partial charge in [0.15, 0.2) is 5.65 Å². The van der Waals surface area contributed by atoms with Gasteiger partial charge in [0.05, 0.1) is 18.1 Å². The van der Waals surface area contributed by atoms with E-state index in [1.165, 1.54) is 0 Å². The summed E-state index contributed by atoms with van der Waals surface area (Å²) in [5.41, 5.74) is 5.10. The first-order valence-corrected chi connectivity index (χ1v) is 11.7. The summed E-state index contributed by atoms with van der Waals surface area (Å²) < 4.78 is 1.83. The summed E-state index contributed by atoms with van der Waals surface area (Å²) in [6.07, 6.45) is 7.47. The normalized spacial score (nSPS) is 13.3. The van der Waals surface area contributed by atoms with Crippen molar-refractivity contribution in [2.75, 3.05) is 17.2 Å². The van der Waals surface area contributed by atoms with Gasteiger partial charge >= 0.3 is 0 Å². The van der Waals surface area contributed by atoms with Crippen LogP contribution in [0.2, 0.25) is 0 Å². The molecule has 5 rings (SSSR count). The van der Waals surface area contributed by atoms with Crippen molar-refractivity contribution in [2.45, 2.75) is 39.7 Å². The number of amides is 1. The van der Waals surface area contributed by atoms with Gasteiger partial charge in [-0.2, -0.15) is 9.61 Å². The van der Waals surface area contributed by atoms with Gasteiger partial charge in [-0.1, -0.05) is 26.0 Å². The highest BCUT2D eigenvalue weighted by Crippen LogP contribution is 2.30. The number of hydrogen-bond donors (Lipinski definition) is 3.